The van der Waals surface area contributed by atoms with E-state index in [9.17, 15) is 8.42 Å². The monoisotopic (exact) mass is 489 g/mol. The molecule has 0 unspecified atom stereocenters. The number of nitrogens with one attached hydrogen (secondary N) is 3. The molecule has 0 aliphatic heterocycles. The standard InChI is InChI=1S/C23H24ClN3O3S2/c1-14-11-15(2)22(16(3)12-14)27-32(28,29)19-8-6-18(7-9-19)25-23(31)26-20-13-17(24)5-10-21(20)30-4/h5-13,27H,1-4H3,(H2,25,26,31). The molecule has 3 N–H and O–H groups in total. The summed E-state index contributed by atoms with van der Waals surface area (Å²) >= 11 is 11.4. The zero-order valence-corrected chi connectivity index (χ0v) is 20.5. The van der Waals surface area contributed by atoms with Crippen LogP contribution in [0.4, 0.5) is 17.1 Å². The van der Waals surface area contributed by atoms with Crippen molar-refractivity contribution in [3.8, 4) is 5.75 Å². The minimum absolute atomic E-state index is 0.151. The van der Waals surface area contributed by atoms with E-state index in [1.54, 1.807) is 37.4 Å². The van der Waals surface area contributed by atoms with Gasteiger partial charge in [0.1, 0.15) is 5.75 Å². The maximum Gasteiger partial charge on any atom is 0.261 e. The predicted molar refractivity (Wildman–Crippen MR) is 136 cm³/mol. The molecular weight excluding hydrogens is 466 g/mol. The van der Waals surface area contributed by atoms with E-state index in [1.807, 2.05) is 32.9 Å². The molecule has 0 bridgehead atoms. The third-order valence-electron chi connectivity index (χ3n) is 4.75. The van der Waals surface area contributed by atoms with Crippen LogP contribution in [0.5, 0.6) is 5.75 Å². The largest absolute Gasteiger partial charge is 0.495 e. The van der Waals surface area contributed by atoms with Crippen molar-refractivity contribution in [3.63, 3.8) is 0 Å². The van der Waals surface area contributed by atoms with Gasteiger partial charge >= 0.3 is 0 Å². The Morgan fingerprint density at radius 3 is 2.16 bits per heavy atom. The molecule has 0 saturated carbocycles. The fraction of sp³-hybridized carbons (Fsp3) is 0.174. The van der Waals surface area contributed by atoms with Gasteiger partial charge < -0.3 is 15.4 Å². The second kappa shape index (κ2) is 9.77. The van der Waals surface area contributed by atoms with Crippen LogP contribution in [-0.2, 0) is 10.0 Å². The van der Waals surface area contributed by atoms with E-state index in [4.69, 9.17) is 28.6 Å². The van der Waals surface area contributed by atoms with E-state index in [1.165, 1.54) is 12.1 Å². The summed E-state index contributed by atoms with van der Waals surface area (Å²) in [5.41, 5.74) is 4.67. The smallest absolute Gasteiger partial charge is 0.261 e. The number of methoxy groups -OCH3 is 1. The van der Waals surface area contributed by atoms with Gasteiger partial charge in [0, 0.05) is 10.7 Å². The maximum atomic E-state index is 12.9. The van der Waals surface area contributed by atoms with Crippen molar-refractivity contribution in [1.82, 2.24) is 0 Å². The van der Waals surface area contributed by atoms with Gasteiger partial charge in [0.15, 0.2) is 5.11 Å². The maximum absolute atomic E-state index is 12.9. The first-order chi connectivity index (χ1) is 15.1. The lowest BCUT2D eigenvalue weighted by atomic mass is 10.1. The molecule has 3 aromatic rings. The Bertz CT molecular complexity index is 1240. The summed E-state index contributed by atoms with van der Waals surface area (Å²) in [6, 6.07) is 15.4. The molecule has 0 saturated heterocycles. The van der Waals surface area contributed by atoms with Gasteiger partial charge in [-0.3, -0.25) is 4.72 Å². The summed E-state index contributed by atoms with van der Waals surface area (Å²) in [4.78, 5) is 0.151. The predicted octanol–water partition coefficient (Wildman–Crippen LogP) is 5.88. The van der Waals surface area contributed by atoms with Crippen molar-refractivity contribution in [2.24, 2.45) is 0 Å². The molecule has 0 radical (unpaired) electrons. The molecule has 0 heterocycles. The van der Waals surface area contributed by atoms with Crippen LogP contribution in [0.15, 0.2) is 59.5 Å². The van der Waals surface area contributed by atoms with Gasteiger partial charge in [0.2, 0.25) is 0 Å². The van der Waals surface area contributed by atoms with Crippen LogP contribution < -0.4 is 20.1 Å². The summed E-state index contributed by atoms with van der Waals surface area (Å²) < 4.78 is 33.7. The lowest BCUT2D eigenvalue weighted by Crippen LogP contribution is -2.19. The van der Waals surface area contributed by atoms with Gasteiger partial charge in [-0.2, -0.15) is 0 Å². The van der Waals surface area contributed by atoms with Crippen molar-refractivity contribution in [1.29, 1.82) is 0 Å². The quantitative estimate of drug-likeness (QED) is 0.375. The van der Waals surface area contributed by atoms with Crippen LogP contribution in [-0.4, -0.2) is 20.6 Å². The van der Waals surface area contributed by atoms with E-state index in [0.717, 1.165) is 16.7 Å². The molecule has 0 aliphatic rings. The number of rotatable bonds is 6. The highest BCUT2D eigenvalue weighted by molar-refractivity contribution is 7.92. The highest BCUT2D eigenvalue weighted by atomic mass is 35.5. The first kappa shape index (κ1) is 23.8. The van der Waals surface area contributed by atoms with Crippen molar-refractivity contribution >= 4 is 56.0 Å². The lowest BCUT2D eigenvalue weighted by molar-refractivity contribution is 0.417. The van der Waals surface area contributed by atoms with Crippen LogP contribution >= 0.6 is 23.8 Å². The molecule has 168 valence electrons. The number of halogens is 1. The Labute approximate surface area is 199 Å². The minimum atomic E-state index is -3.74. The summed E-state index contributed by atoms with van der Waals surface area (Å²) in [6.07, 6.45) is 0. The van der Waals surface area contributed by atoms with Crippen molar-refractivity contribution < 1.29 is 13.2 Å². The molecular formula is C23H24ClN3O3S2. The topological polar surface area (TPSA) is 79.5 Å². The third kappa shape index (κ3) is 5.70. The number of anilines is 3. The van der Waals surface area contributed by atoms with Crippen molar-refractivity contribution in [2.75, 3.05) is 22.5 Å². The summed E-state index contributed by atoms with van der Waals surface area (Å²) in [5, 5.41) is 6.90. The highest BCUT2D eigenvalue weighted by Crippen LogP contribution is 2.28. The summed E-state index contributed by atoms with van der Waals surface area (Å²) in [5.74, 6) is 0.591. The van der Waals surface area contributed by atoms with Crippen LogP contribution in [0.25, 0.3) is 0 Å². The Kier molecular flexibility index (Phi) is 7.28. The van der Waals surface area contributed by atoms with Crippen LogP contribution in [0.3, 0.4) is 0 Å². The second-order valence-electron chi connectivity index (χ2n) is 7.33. The summed E-state index contributed by atoms with van der Waals surface area (Å²) in [6.45, 7) is 5.74. The van der Waals surface area contributed by atoms with E-state index in [0.29, 0.717) is 32.9 Å². The average Bonchev–Trinajstić information content (AvgIpc) is 2.71. The number of sulfonamides is 1. The Morgan fingerprint density at radius 2 is 1.56 bits per heavy atom. The molecule has 6 nitrogen and oxygen atoms in total. The fourth-order valence-corrected chi connectivity index (χ4v) is 4.92. The number of thiocarbonyl (C=S) groups is 1. The number of hydrogen-bond acceptors (Lipinski definition) is 4. The van der Waals surface area contributed by atoms with Crippen molar-refractivity contribution in [3.05, 3.63) is 76.3 Å². The van der Waals surface area contributed by atoms with Crippen molar-refractivity contribution in [2.45, 2.75) is 25.7 Å². The molecule has 0 atom stereocenters. The van der Waals surface area contributed by atoms with Gasteiger partial charge in [0.25, 0.3) is 10.0 Å². The van der Waals surface area contributed by atoms with Crippen LogP contribution in [0.1, 0.15) is 16.7 Å². The van der Waals surface area contributed by atoms with E-state index in [-0.39, 0.29) is 4.90 Å². The zero-order valence-electron chi connectivity index (χ0n) is 18.1. The molecule has 0 spiro atoms. The molecule has 32 heavy (non-hydrogen) atoms. The van der Waals surface area contributed by atoms with Gasteiger partial charge in [0.05, 0.1) is 23.4 Å². The van der Waals surface area contributed by atoms with Gasteiger partial charge in [-0.25, -0.2) is 8.42 Å². The van der Waals surface area contributed by atoms with Crippen LogP contribution in [0.2, 0.25) is 5.02 Å². The minimum Gasteiger partial charge on any atom is -0.495 e. The molecule has 3 aromatic carbocycles. The average molecular weight is 490 g/mol. The zero-order chi connectivity index (χ0) is 23.5. The Balaban J connectivity index is 1.72. The number of aryl methyl sites for hydroxylation is 3. The van der Waals surface area contributed by atoms with Gasteiger partial charge in [-0.1, -0.05) is 29.3 Å². The molecule has 9 heteroatoms. The van der Waals surface area contributed by atoms with E-state index in [2.05, 4.69) is 15.4 Å². The highest BCUT2D eigenvalue weighted by Gasteiger charge is 2.17. The molecule has 0 aliphatic carbocycles. The van der Waals surface area contributed by atoms with E-state index >= 15 is 0 Å². The Morgan fingerprint density at radius 1 is 0.938 bits per heavy atom. The number of ether oxygens (including phenoxy) is 1. The SMILES string of the molecule is COc1ccc(Cl)cc1NC(=S)Nc1ccc(S(=O)(=O)Nc2c(C)cc(C)cc2C)cc1. The molecule has 0 amide bonds. The van der Waals surface area contributed by atoms with Gasteiger partial charge in [-0.15, -0.1) is 0 Å². The molecule has 0 aromatic heterocycles. The number of hydrogen-bond donors (Lipinski definition) is 3. The second-order valence-corrected chi connectivity index (χ2v) is 9.85. The summed E-state index contributed by atoms with van der Waals surface area (Å²) in [7, 11) is -2.18. The van der Waals surface area contributed by atoms with E-state index < -0.39 is 10.0 Å². The Hall–Kier alpha value is -2.81. The molecule has 0 fully saturated rings. The normalized spacial score (nSPS) is 11.0. The molecule has 3 rings (SSSR count). The fourth-order valence-electron chi connectivity index (χ4n) is 3.31. The number of benzene rings is 3. The first-order valence-electron chi connectivity index (χ1n) is 9.71. The third-order valence-corrected chi connectivity index (χ3v) is 6.55. The first-order valence-corrected chi connectivity index (χ1v) is 12.0. The van der Waals surface area contributed by atoms with Crippen LogP contribution in [0, 0.1) is 20.8 Å². The lowest BCUT2D eigenvalue weighted by Gasteiger charge is -2.15. The van der Waals surface area contributed by atoms with Gasteiger partial charge in [-0.05, 0) is 86.6 Å².